The normalized spacial score (nSPS) is 15.3. The van der Waals surface area contributed by atoms with E-state index in [1.807, 2.05) is 0 Å². The van der Waals surface area contributed by atoms with E-state index in [-0.39, 0.29) is 0 Å². The van der Waals surface area contributed by atoms with Gasteiger partial charge in [-0.05, 0) is 0 Å². The third-order valence-corrected chi connectivity index (χ3v) is 1.25. The van der Waals surface area contributed by atoms with Crippen molar-refractivity contribution in [3.63, 3.8) is 0 Å². The fraction of sp³-hybridized carbons (Fsp3) is 1.00. The van der Waals surface area contributed by atoms with Crippen molar-refractivity contribution in [3.8, 4) is 0 Å². The first-order valence-electron chi connectivity index (χ1n) is 2.11. The molecule has 2 N–H and O–H groups in total. The minimum absolute atomic E-state index is 3.79. The second kappa shape index (κ2) is 2.41. The van der Waals surface area contributed by atoms with Crippen molar-refractivity contribution >= 4 is 11.6 Å². The molecule has 0 aromatic rings. The summed E-state index contributed by atoms with van der Waals surface area (Å²) in [6.45, 7) is 0. The molecule has 0 saturated carbocycles. The molecule has 0 rings (SSSR count). The molecule has 0 amide bonds. The Morgan fingerprint density at radius 3 is 1.00 bits per heavy atom. The van der Waals surface area contributed by atoms with Gasteiger partial charge in [0.05, 0.1) is 0 Å². The molecule has 11 heavy (non-hydrogen) atoms. The zero-order valence-electron chi connectivity index (χ0n) is 4.72. The molecule has 0 unspecified atom stereocenters. The third kappa shape index (κ3) is 1.90. The maximum absolute atomic E-state index is 11.4. The molecule has 0 radical (unpaired) electrons. The summed E-state index contributed by atoms with van der Waals surface area (Å²) in [7, 11) is 0. The number of halogens is 7. The number of rotatable bonds is 0. The quantitative estimate of drug-likeness (QED) is 0.362. The van der Waals surface area contributed by atoms with Crippen LogP contribution in [0.5, 0.6) is 0 Å². The summed E-state index contributed by atoms with van der Waals surface area (Å²) < 4.78 is 68.1. The Bertz CT molecular complexity index is 129. The van der Waals surface area contributed by atoms with Crippen LogP contribution in [0, 0.1) is 0 Å². The van der Waals surface area contributed by atoms with Crippen LogP contribution in [0.25, 0.3) is 0 Å². The summed E-state index contributed by atoms with van der Waals surface area (Å²) in [5, 5.41) is 0. The average Bonchev–Trinajstić information content (AvgIpc) is 1.58. The van der Waals surface area contributed by atoms with Gasteiger partial charge in [-0.15, -0.1) is 0 Å². The Morgan fingerprint density at radius 2 is 1.00 bits per heavy atom. The molecule has 0 aromatic carbocycles. The van der Waals surface area contributed by atoms with Crippen LogP contribution in [0.4, 0.5) is 26.3 Å². The molecule has 0 saturated heterocycles. The summed E-state index contributed by atoms with van der Waals surface area (Å²) in [6, 6.07) is 0. The highest BCUT2D eigenvalue weighted by Gasteiger charge is 2.68. The highest BCUT2D eigenvalue weighted by Crippen LogP contribution is 2.43. The number of nitrogens with two attached hydrogens (primary N) is 1. The smallest absolute Gasteiger partial charge is 0.297 e. The Balaban J connectivity index is 4.75. The van der Waals surface area contributed by atoms with E-state index in [0.717, 1.165) is 0 Å². The van der Waals surface area contributed by atoms with Gasteiger partial charge in [-0.25, -0.2) is 0 Å². The lowest BCUT2D eigenvalue weighted by atomic mass is 10.3. The highest BCUT2D eigenvalue weighted by atomic mass is 35.5. The summed E-state index contributed by atoms with van der Waals surface area (Å²) in [4.78, 5) is -4.65. The van der Waals surface area contributed by atoms with Crippen molar-refractivity contribution in [2.45, 2.75) is 17.4 Å². The van der Waals surface area contributed by atoms with Crippen LogP contribution in [-0.2, 0) is 0 Å². The summed E-state index contributed by atoms with van der Waals surface area (Å²) in [5.74, 6) is 0. The number of hydrogen-bond acceptors (Lipinski definition) is 1. The summed E-state index contributed by atoms with van der Waals surface area (Å²) in [6.07, 6.45) is -11.4. The Labute approximate surface area is 62.1 Å². The van der Waals surface area contributed by atoms with Crippen LogP contribution in [0.1, 0.15) is 0 Å². The van der Waals surface area contributed by atoms with Crippen LogP contribution in [0.2, 0.25) is 0 Å². The molecule has 0 atom stereocenters. The van der Waals surface area contributed by atoms with Crippen molar-refractivity contribution in [3.05, 3.63) is 0 Å². The Morgan fingerprint density at radius 1 is 0.818 bits per heavy atom. The highest BCUT2D eigenvalue weighted by molar-refractivity contribution is 6.24. The van der Waals surface area contributed by atoms with Crippen molar-refractivity contribution in [2.75, 3.05) is 0 Å². The van der Waals surface area contributed by atoms with Crippen LogP contribution >= 0.6 is 11.6 Å². The molecule has 0 bridgehead atoms. The molecule has 0 aromatic heterocycles. The van der Waals surface area contributed by atoms with Gasteiger partial charge in [0.15, 0.2) is 0 Å². The second-order valence-electron chi connectivity index (χ2n) is 1.71. The number of hydrogen-bond donors (Lipinski definition) is 1. The predicted molar refractivity (Wildman–Crippen MR) is 24.9 cm³/mol. The lowest BCUT2D eigenvalue weighted by Crippen LogP contribution is -2.59. The molecule has 8 heteroatoms. The molecule has 0 aliphatic rings. The molecule has 0 fully saturated rings. The average molecular weight is 201 g/mol. The lowest BCUT2D eigenvalue weighted by molar-refractivity contribution is -0.266. The fourth-order valence-electron chi connectivity index (χ4n) is 0.161. The van der Waals surface area contributed by atoms with Crippen LogP contribution in [0.3, 0.4) is 0 Å². The monoisotopic (exact) mass is 201 g/mol. The first kappa shape index (κ1) is 10.8. The van der Waals surface area contributed by atoms with Crippen LogP contribution in [-0.4, -0.2) is 17.4 Å². The van der Waals surface area contributed by atoms with Gasteiger partial charge in [0.1, 0.15) is 0 Å². The fourth-order valence-corrected chi connectivity index (χ4v) is 0.161. The van der Waals surface area contributed by atoms with Crippen molar-refractivity contribution in [1.29, 1.82) is 0 Å². The number of alkyl halides is 7. The molecule has 0 spiro atoms. The first-order chi connectivity index (χ1) is 4.50. The molecule has 68 valence electrons. The third-order valence-electron chi connectivity index (χ3n) is 0.825. The first-order valence-corrected chi connectivity index (χ1v) is 2.49. The SMILES string of the molecule is NC(Cl)(C(F)(F)F)C(F)(F)F. The van der Waals surface area contributed by atoms with E-state index in [2.05, 4.69) is 17.3 Å². The zero-order chi connectivity index (χ0) is 9.50. The van der Waals surface area contributed by atoms with Gasteiger partial charge >= 0.3 is 12.4 Å². The second-order valence-corrected chi connectivity index (χ2v) is 2.30. The van der Waals surface area contributed by atoms with Gasteiger partial charge in [-0.2, -0.15) is 26.3 Å². The van der Waals surface area contributed by atoms with E-state index in [1.165, 1.54) is 0 Å². The molecular formula is C3H2ClF6N. The maximum atomic E-state index is 11.4. The molecule has 1 nitrogen and oxygen atoms in total. The topological polar surface area (TPSA) is 26.0 Å². The van der Waals surface area contributed by atoms with E-state index in [9.17, 15) is 26.3 Å². The van der Waals surface area contributed by atoms with Gasteiger partial charge in [-0.1, -0.05) is 11.6 Å². The molecular weight excluding hydrogens is 199 g/mol. The zero-order valence-corrected chi connectivity index (χ0v) is 5.48. The van der Waals surface area contributed by atoms with Gasteiger partial charge in [0, 0.05) is 0 Å². The van der Waals surface area contributed by atoms with E-state index in [0.29, 0.717) is 0 Å². The summed E-state index contributed by atoms with van der Waals surface area (Å²) >= 11 is 4.02. The molecule has 0 aliphatic carbocycles. The minimum Gasteiger partial charge on any atom is -0.297 e. The lowest BCUT2D eigenvalue weighted by Gasteiger charge is -2.26. The predicted octanol–water partition coefficient (Wildman–Crippen LogP) is 2.00. The Kier molecular flexibility index (Phi) is 2.37. The largest absolute Gasteiger partial charge is 0.429 e. The molecule has 0 heterocycles. The minimum atomic E-state index is -5.70. The van der Waals surface area contributed by atoms with Crippen LogP contribution < -0.4 is 5.73 Å². The van der Waals surface area contributed by atoms with Gasteiger partial charge < -0.3 is 0 Å². The summed E-state index contributed by atoms with van der Waals surface area (Å²) in [5.41, 5.74) is 3.79. The van der Waals surface area contributed by atoms with Crippen molar-refractivity contribution < 1.29 is 26.3 Å². The van der Waals surface area contributed by atoms with Gasteiger partial charge in [0.2, 0.25) is 0 Å². The molecule has 0 aliphatic heterocycles. The standard InChI is InChI=1S/C3H2ClF6N/c4-1(11,2(5,6)7)3(8,9)10/h11H2. The van der Waals surface area contributed by atoms with Gasteiger partial charge in [0.25, 0.3) is 5.00 Å². The van der Waals surface area contributed by atoms with E-state index in [1.54, 1.807) is 0 Å². The maximum Gasteiger partial charge on any atom is 0.429 e. The van der Waals surface area contributed by atoms with E-state index < -0.39 is 17.4 Å². The Hall–Kier alpha value is -0.170. The van der Waals surface area contributed by atoms with E-state index in [4.69, 9.17) is 0 Å². The van der Waals surface area contributed by atoms with Crippen molar-refractivity contribution in [1.82, 2.24) is 0 Å². The van der Waals surface area contributed by atoms with Gasteiger partial charge in [-0.3, -0.25) is 5.73 Å². The van der Waals surface area contributed by atoms with Crippen molar-refractivity contribution in [2.24, 2.45) is 5.73 Å². The van der Waals surface area contributed by atoms with E-state index >= 15 is 0 Å². The van der Waals surface area contributed by atoms with Crippen LogP contribution in [0.15, 0.2) is 0 Å².